The second kappa shape index (κ2) is 6.86. The monoisotopic (exact) mass is 241 g/mol. The maximum Gasteiger partial charge on any atom is 0.185 e. The van der Waals surface area contributed by atoms with Crippen LogP contribution in [-0.2, 0) is 6.54 Å². The fourth-order valence-electron chi connectivity index (χ4n) is 1.57. The highest BCUT2D eigenvalue weighted by Gasteiger charge is 2.07. The van der Waals surface area contributed by atoms with Crippen molar-refractivity contribution in [2.75, 3.05) is 25.0 Å². The van der Waals surface area contributed by atoms with E-state index in [4.69, 9.17) is 0 Å². The normalized spacial score (nSPS) is 11.1. The van der Waals surface area contributed by atoms with E-state index in [9.17, 15) is 0 Å². The predicted octanol–water partition coefficient (Wildman–Crippen LogP) is 2.73. The average Bonchev–Trinajstić information content (AvgIpc) is 2.66. The Morgan fingerprint density at radius 1 is 1.50 bits per heavy atom. The van der Waals surface area contributed by atoms with E-state index < -0.39 is 0 Å². The Labute approximate surface area is 103 Å². The molecule has 0 aliphatic carbocycles. The molecule has 0 saturated carbocycles. The number of anilines is 1. The van der Waals surface area contributed by atoms with Gasteiger partial charge in [0.25, 0.3) is 0 Å². The highest BCUT2D eigenvalue weighted by molar-refractivity contribution is 7.13. The van der Waals surface area contributed by atoms with E-state index in [0.717, 1.165) is 30.5 Å². The van der Waals surface area contributed by atoms with Crippen molar-refractivity contribution in [1.82, 2.24) is 10.3 Å². The lowest BCUT2D eigenvalue weighted by molar-refractivity contribution is 0.634. The molecule has 1 aromatic heterocycles. The van der Waals surface area contributed by atoms with Crippen LogP contribution in [0.15, 0.2) is 5.38 Å². The van der Waals surface area contributed by atoms with Crippen molar-refractivity contribution in [2.45, 2.75) is 33.7 Å². The first-order chi connectivity index (χ1) is 7.63. The summed E-state index contributed by atoms with van der Waals surface area (Å²) >= 11 is 1.73. The summed E-state index contributed by atoms with van der Waals surface area (Å²) in [7, 11) is 2.11. The first-order valence-electron chi connectivity index (χ1n) is 5.99. The van der Waals surface area contributed by atoms with Crippen LogP contribution in [0.1, 0.15) is 32.9 Å². The summed E-state index contributed by atoms with van der Waals surface area (Å²) < 4.78 is 0. The van der Waals surface area contributed by atoms with E-state index in [1.807, 2.05) is 0 Å². The average molecular weight is 241 g/mol. The predicted molar refractivity (Wildman–Crippen MR) is 72.2 cm³/mol. The van der Waals surface area contributed by atoms with Gasteiger partial charge in [-0.1, -0.05) is 20.8 Å². The van der Waals surface area contributed by atoms with E-state index in [0.29, 0.717) is 5.92 Å². The van der Waals surface area contributed by atoms with Gasteiger partial charge in [-0.3, -0.25) is 0 Å². The van der Waals surface area contributed by atoms with Crippen LogP contribution in [-0.4, -0.2) is 25.1 Å². The first-order valence-corrected chi connectivity index (χ1v) is 6.87. The van der Waals surface area contributed by atoms with E-state index >= 15 is 0 Å². The van der Waals surface area contributed by atoms with Crippen LogP contribution in [0.5, 0.6) is 0 Å². The lowest BCUT2D eigenvalue weighted by Crippen LogP contribution is -2.22. The highest BCUT2D eigenvalue weighted by Crippen LogP contribution is 2.19. The molecule has 0 aliphatic heterocycles. The summed E-state index contributed by atoms with van der Waals surface area (Å²) in [4.78, 5) is 6.85. The van der Waals surface area contributed by atoms with Crippen molar-refractivity contribution >= 4 is 16.5 Å². The molecule has 1 rings (SSSR count). The van der Waals surface area contributed by atoms with Crippen molar-refractivity contribution in [3.63, 3.8) is 0 Å². The van der Waals surface area contributed by atoms with Crippen LogP contribution < -0.4 is 10.2 Å². The SMILES string of the molecule is CCCNCc1csc(N(C)CC(C)C)n1. The summed E-state index contributed by atoms with van der Waals surface area (Å²) in [5, 5.41) is 6.64. The van der Waals surface area contributed by atoms with Crippen LogP contribution in [0.2, 0.25) is 0 Å². The summed E-state index contributed by atoms with van der Waals surface area (Å²) in [6, 6.07) is 0. The molecule has 0 saturated heterocycles. The first kappa shape index (κ1) is 13.5. The van der Waals surface area contributed by atoms with E-state index in [1.54, 1.807) is 11.3 Å². The lowest BCUT2D eigenvalue weighted by atomic mass is 10.2. The molecule has 0 amide bonds. The van der Waals surface area contributed by atoms with Crippen molar-refractivity contribution < 1.29 is 0 Å². The molecule has 3 nitrogen and oxygen atoms in total. The second-order valence-electron chi connectivity index (χ2n) is 4.57. The number of nitrogens with zero attached hydrogens (tertiary/aromatic N) is 2. The van der Waals surface area contributed by atoms with Gasteiger partial charge in [0.15, 0.2) is 5.13 Å². The number of nitrogens with one attached hydrogen (secondary N) is 1. The zero-order chi connectivity index (χ0) is 12.0. The quantitative estimate of drug-likeness (QED) is 0.744. The molecule has 0 aromatic carbocycles. The molecular weight excluding hydrogens is 218 g/mol. The molecule has 0 aliphatic rings. The van der Waals surface area contributed by atoms with Crippen LogP contribution in [0, 0.1) is 5.92 Å². The zero-order valence-corrected chi connectivity index (χ0v) is 11.6. The van der Waals surface area contributed by atoms with Crippen LogP contribution >= 0.6 is 11.3 Å². The molecule has 0 spiro atoms. The Hall–Kier alpha value is -0.610. The smallest absolute Gasteiger partial charge is 0.185 e. The topological polar surface area (TPSA) is 28.2 Å². The molecule has 4 heteroatoms. The molecule has 16 heavy (non-hydrogen) atoms. The third-order valence-electron chi connectivity index (χ3n) is 2.24. The summed E-state index contributed by atoms with van der Waals surface area (Å²) in [5.41, 5.74) is 1.16. The fourth-order valence-corrected chi connectivity index (χ4v) is 2.37. The number of thiazole rings is 1. The standard InChI is InChI=1S/C12H23N3S/c1-5-6-13-7-11-9-16-12(14-11)15(4)8-10(2)3/h9-10,13H,5-8H2,1-4H3. The molecular formula is C12H23N3S. The van der Waals surface area contributed by atoms with E-state index in [2.05, 4.69) is 48.4 Å². The summed E-state index contributed by atoms with van der Waals surface area (Å²) in [6.45, 7) is 9.65. The molecule has 0 bridgehead atoms. The molecule has 1 N–H and O–H groups in total. The second-order valence-corrected chi connectivity index (χ2v) is 5.41. The zero-order valence-electron chi connectivity index (χ0n) is 10.8. The lowest BCUT2D eigenvalue weighted by Gasteiger charge is -2.17. The third kappa shape index (κ3) is 4.49. The molecule has 1 heterocycles. The number of aromatic nitrogens is 1. The van der Waals surface area contributed by atoms with Gasteiger partial charge in [0.05, 0.1) is 5.69 Å². The van der Waals surface area contributed by atoms with Crippen molar-refractivity contribution in [2.24, 2.45) is 5.92 Å². The van der Waals surface area contributed by atoms with Crippen molar-refractivity contribution in [1.29, 1.82) is 0 Å². The molecule has 0 radical (unpaired) electrons. The van der Waals surface area contributed by atoms with Gasteiger partial charge in [0, 0.05) is 25.5 Å². The van der Waals surface area contributed by atoms with Crippen LogP contribution in [0.25, 0.3) is 0 Å². The van der Waals surface area contributed by atoms with Gasteiger partial charge in [0.1, 0.15) is 0 Å². The highest BCUT2D eigenvalue weighted by atomic mass is 32.1. The molecule has 0 unspecified atom stereocenters. The van der Waals surface area contributed by atoms with Gasteiger partial charge in [-0.05, 0) is 18.9 Å². The number of hydrogen-bond donors (Lipinski definition) is 1. The Morgan fingerprint density at radius 3 is 2.88 bits per heavy atom. The van der Waals surface area contributed by atoms with E-state index in [-0.39, 0.29) is 0 Å². The van der Waals surface area contributed by atoms with Crippen LogP contribution in [0.4, 0.5) is 5.13 Å². The van der Waals surface area contributed by atoms with Gasteiger partial charge in [-0.2, -0.15) is 0 Å². The van der Waals surface area contributed by atoms with Crippen LogP contribution in [0.3, 0.4) is 0 Å². The van der Waals surface area contributed by atoms with Crippen molar-refractivity contribution in [3.05, 3.63) is 11.1 Å². The summed E-state index contributed by atoms with van der Waals surface area (Å²) in [5.74, 6) is 0.676. The Morgan fingerprint density at radius 2 is 2.25 bits per heavy atom. The minimum atomic E-state index is 0.676. The largest absolute Gasteiger partial charge is 0.351 e. The van der Waals surface area contributed by atoms with Gasteiger partial charge in [-0.15, -0.1) is 11.3 Å². The number of rotatable bonds is 7. The molecule has 1 aromatic rings. The van der Waals surface area contributed by atoms with Gasteiger partial charge < -0.3 is 10.2 Å². The maximum atomic E-state index is 4.62. The summed E-state index contributed by atoms with van der Waals surface area (Å²) in [6.07, 6.45) is 1.17. The maximum absolute atomic E-state index is 4.62. The van der Waals surface area contributed by atoms with Crippen molar-refractivity contribution in [3.8, 4) is 0 Å². The van der Waals surface area contributed by atoms with E-state index in [1.165, 1.54) is 6.42 Å². The van der Waals surface area contributed by atoms with Gasteiger partial charge in [-0.25, -0.2) is 4.98 Å². The molecule has 0 fully saturated rings. The van der Waals surface area contributed by atoms with Gasteiger partial charge in [0.2, 0.25) is 0 Å². The molecule has 0 atom stereocenters. The Bertz CT molecular complexity index is 296. The fraction of sp³-hybridized carbons (Fsp3) is 0.750. The Kier molecular flexibility index (Phi) is 5.77. The number of hydrogen-bond acceptors (Lipinski definition) is 4. The minimum absolute atomic E-state index is 0.676. The van der Waals surface area contributed by atoms with Gasteiger partial charge >= 0.3 is 0 Å². The Balaban J connectivity index is 2.44. The molecule has 92 valence electrons. The minimum Gasteiger partial charge on any atom is -0.351 e. The third-order valence-corrected chi connectivity index (χ3v) is 3.24.